The van der Waals surface area contributed by atoms with Gasteiger partial charge >= 0.3 is 0 Å². The number of hydrogen-bond acceptors (Lipinski definition) is 3. The molecule has 3 N–H and O–H groups in total. The van der Waals surface area contributed by atoms with Gasteiger partial charge in [-0.25, -0.2) is 4.39 Å². The average molecular weight is 494 g/mol. The third kappa shape index (κ3) is 3.30. The van der Waals surface area contributed by atoms with Crippen molar-refractivity contribution in [3.8, 4) is 22.5 Å². The Morgan fingerprint density at radius 1 is 0.973 bits per heavy atom. The van der Waals surface area contributed by atoms with Crippen LogP contribution >= 0.6 is 0 Å². The quantitative estimate of drug-likeness (QED) is 0.279. The van der Waals surface area contributed by atoms with Crippen molar-refractivity contribution >= 4 is 33.7 Å². The first-order chi connectivity index (χ1) is 17.9. The third-order valence-electron chi connectivity index (χ3n) is 7.91. The molecule has 0 atom stereocenters. The molecule has 0 saturated heterocycles. The number of benzene rings is 3. The van der Waals surface area contributed by atoms with Gasteiger partial charge in [0.25, 0.3) is 11.8 Å². The predicted molar refractivity (Wildman–Crippen MR) is 140 cm³/mol. The summed E-state index contributed by atoms with van der Waals surface area (Å²) in [5, 5.41) is 7.40. The van der Waals surface area contributed by atoms with E-state index in [9.17, 15) is 14.0 Å². The van der Waals surface area contributed by atoms with Crippen LogP contribution in [0.4, 0.5) is 4.39 Å². The van der Waals surface area contributed by atoms with Crippen molar-refractivity contribution < 1.29 is 18.4 Å². The maximum Gasteiger partial charge on any atom is 0.255 e. The zero-order valence-corrected chi connectivity index (χ0v) is 20.2. The molecule has 2 bridgehead atoms. The van der Waals surface area contributed by atoms with Gasteiger partial charge in [-0.3, -0.25) is 9.59 Å². The largest absolute Gasteiger partial charge is 0.454 e. The van der Waals surface area contributed by atoms with Crippen LogP contribution in [0.2, 0.25) is 0 Å². The van der Waals surface area contributed by atoms with Crippen LogP contribution in [0.25, 0.3) is 44.3 Å². The van der Waals surface area contributed by atoms with Crippen LogP contribution < -0.4 is 10.6 Å². The lowest BCUT2D eigenvalue weighted by Crippen LogP contribution is -2.68. The molecule has 5 aromatic rings. The molecule has 0 aliphatic heterocycles. The second-order valence-corrected chi connectivity index (χ2v) is 10.3. The van der Waals surface area contributed by atoms with E-state index in [2.05, 4.69) is 15.6 Å². The van der Waals surface area contributed by atoms with Crippen molar-refractivity contribution in [1.29, 1.82) is 0 Å². The second kappa shape index (κ2) is 7.80. The van der Waals surface area contributed by atoms with Crippen molar-refractivity contribution in [1.82, 2.24) is 15.6 Å². The first-order valence-electron chi connectivity index (χ1n) is 12.4. The molecular formula is C30H24FN3O3. The van der Waals surface area contributed by atoms with Crippen LogP contribution in [-0.2, 0) is 0 Å². The summed E-state index contributed by atoms with van der Waals surface area (Å²) in [6.45, 7) is 0. The van der Waals surface area contributed by atoms with E-state index in [1.165, 1.54) is 12.1 Å². The summed E-state index contributed by atoms with van der Waals surface area (Å²) in [4.78, 5) is 29.4. The van der Waals surface area contributed by atoms with Crippen LogP contribution in [0.1, 0.15) is 40.0 Å². The average Bonchev–Trinajstić information content (AvgIpc) is 3.50. The number of halogens is 1. The van der Waals surface area contributed by atoms with E-state index in [4.69, 9.17) is 4.42 Å². The lowest BCUT2D eigenvalue weighted by atomic mass is 9.50. The number of rotatable bonds is 5. The minimum absolute atomic E-state index is 0.000644. The highest BCUT2D eigenvalue weighted by Crippen LogP contribution is 2.57. The molecule has 0 radical (unpaired) electrons. The summed E-state index contributed by atoms with van der Waals surface area (Å²) in [6.07, 6.45) is 5.07. The van der Waals surface area contributed by atoms with E-state index < -0.39 is 0 Å². The van der Waals surface area contributed by atoms with Crippen LogP contribution in [-0.4, -0.2) is 29.4 Å². The topological polar surface area (TPSA) is 87.1 Å². The molecule has 2 amide bonds. The SMILES string of the molecule is CNC(=O)c1c(-c2ccc(F)cc2)oc2c1cc(-c1cccc(C(=O)NC34CC(C3)C4)c1)c1[nH]ccc12. The molecular weight excluding hydrogens is 469 g/mol. The maximum atomic E-state index is 13.6. The Bertz CT molecular complexity index is 1710. The van der Waals surface area contributed by atoms with Crippen LogP contribution in [0.3, 0.4) is 0 Å². The molecule has 3 aromatic carbocycles. The highest BCUT2D eigenvalue weighted by molar-refractivity contribution is 6.19. The molecule has 0 spiro atoms. The van der Waals surface area contributed by atoms with Gasteiger partial charge in [0.05, 0.1) is 11.1 Å². The van der Waals surface area contributed by atoms with Crippen molar-refractivity contribution in [2.24, 2.45) is 5.92 Å². The Balaban J connectivity index is 1.39. The van der Waals surface area contributed by atoms with E-state index in [-0.39, 0.29) is 23.2 Å². The van der Waals surface area contributed by atoms with E-state index in [1.54, 1.807) is 19.2 Å². The molecule has 37 heavy (non-hydrogen) atoms. The normalized spacial score (nSPS) is 19.9. The first-order valence-corrected chi connectivity index (χ1v) is 12.4. The molecule has 2 heterocycles. The van der Waals surface area contributed by atoms with Crippen molar-refractivity contribution in [2.75, 3.05) is 7.05 Å². The zero-order chi connectivity index (χ0) is 25.3. The number of amides is 2. The van der Waals surface area contributed by atoms with Crippen molar-refractivity contribution in [2.45, 2.75) is 24.8 Å². The summed E-state index contributed by atoms with van der Waals surface area (Å²) >= 11 is 0. The molecule has 3 aliphatic carbocycles. The second-order valence-electron chi connectivity index (χ2n) is 10.3. The Labute approximate surface area is 211 Å². The molecule has 0 unspecified atom stereocenters. The van der Waals surface area contributed by atoms with E-state index in [0.717, 1.165) is 47.2 Å². The van der Waals surface area contributed by atoms with Gasteiger partial charge in [0, 0.05) is 46.2 Å². The summed E-state index contributed by atoms with van der Waals surface area (Å²) in [6, 6.07) is 17.3. The summed E-state index contributed by atoms with van der Waals surface area (Å²) in [7, 11) is 1.57. The van der Waals surface area contributed by atoms with E-state index >= 15 is 0 Å². The van der Waals surface area contributed by atoms with Gasteiger partial charge in [-0.05, 0) is 79.3 Å². The Kier molecular flexibility index (Phi) is 4.61. The van der Waals surface area contributed by atoms with E-state index in [0.29, 0.717) is 33.4 Å². The number of nitrogens with one attached hydrogen (secondary N) is 3. The van der Waals surface area contributed by atoms with Crippen LogP contribution in [0.5, 0.6) is 0 Å². The summed E-state index contributed by atoms with van der Waals surface area (Å²) in [5.74, 6) is 0.432. The third-order valence-corrected chi connectivity index (χ3v) is 7.91. The molecule has 3 fully saturated rings. The van der Waals surface area contributed by atoms with Crippen molar-refractivity contribution in [3.05, 3.63) is 83.8 Å². The Hall–Kier alpha value is -4.39. The number of aromatic nitrogens is 1. The van der Waals surface area contributed by atoms with Gasteiger partial charge in [-0.2, -0.15) is 0 Å². The lowest BCUT2D eigenvalue weighted by Gasteiger charge is -2.61. The summed E-state index contributed by atoms with van der Waals surface area (Å²) < 4.78 is 19.9. The number of carbonyl (C=O) groups is 2. The van der Waals surface area contributed by atoms with Gasteiger partial charge in [0.2, 0.25) is 0 Å². The molecule has 7 heteroatoms. The lowest BCUT2D eigenvalue weighted by molar-refractivity contribution is -0.0438. The van der Waals surface area contributed by atoms with Gasteiger partial charge in [-0.1, -0.05) is 12.1 Å². The minimum atomic E-state index is -0.366. The summed E-state index contributed by atoms with van der Waals surface area (Å²) in [5.41, 5.74) is 4.70. The number of carbonyl (C=O) groups excluding carboxylic acids is 2. The van der Waals surface area contributed by atoms with E-state index in [1.807, 2.05) is 42.6 Å². The number of furan rings is 1. The van der Waals surface area contributed by atoms with Gasteiger partial charge < -0.3 is 20.0 Å². The number of H-pyrrole nitrogens is 1. The highest BCUT2D eigenvalue weighted by atomic mass is 19.1. The molecule has 8 rings (SSSR count). The molecule has 2 aromatic heterocycles. The number of hydrogen-bond donors (Lipinski definition) is 3. The monoisotopic (exact) mass is 493 g/mol. The van der Waals surface area contributed by atoms with Gasteiger partial charge in [-0.15, -0.1) is 0 Å². The number of aromatic amines is 1. The predicted octanol–water partition coefficient (Wildman–Crippen LogP) is 6.03. The smallest absolute Gasteiger partial charge is 0.255 e. The Morgan fingerprint density at radius 3 is 2.46 bits per heavy atom. The van der Waals surface area contributed by atoms with Gasteiger partial charge in [0.15, 0.2) is 0 Å². The number of fused-ring (bicyclic) bond motifs is 3. The van der Waals surface area contributed by atoms with Crippen LogP contribution in [0.15, 0.2) is 71.3 Å². The van der Waals surface area contributed by atoms with Crippen molar-refractivity contribution in [3.63, 3.8) is 0 Å². The molecule has 3 saturated carbocycles. The maximum absolute atomic E-state index is 13.6. The Morgan fingerprint density at radius 2 is 1.76 bits per heavy atom. The molecule has 184 valence electrons. The van der Waals surface area contributed by atoms with Crippen LogP contribution in [0, 0.1) is 11.7 Å². The highest BCUT2D eigenvalue weighted by Gasteiger charge is 2.57. The minimum Gasteiger partial charge on any atom is -0.454 e. The standard InChI is InChI=1S/C30H24FN3O3/c1-32-29(36)24-23-12-22(18-3-2-4-19(11-18)28(35)34-30-13-16(14-30)15-30)25-21(9-10-33-25)27(23)37-26(24)17-5-7-20(31)8-6-17/h2-12,16,33H,13-15H2,1H3,(H,32,36)(H,34,35). The fourth-order valence-corrected chi connectivity index (χ4v) is 5.93. The fourth-order valence-electron chi connectivity index (χ4n) is 5.93. The van der Waals surface area contributed by atoms with Gasteiger partial charge in [0.1, 0.15) is 17.2 Å². The first kappa shape index (κ1) is 21.9. The fraction of sp³-hybridized carbons (Fsp3) is 0.200. The molecule has 3 aliphatic rings. The molecule has 6 nitrogen and oxygen atoms in total. The zero-order valence-electron chi connectivity index (χ0n) is 20.2.